The van der Waals surface area contributed by atoms with E-state index < -0.39 is 29.5 Å². The van der Waals surface area contributed by atoms with Gasteiger partial charge in [-0.3, -0.25) is 4.79 Å². The molecule has 0 saturated heterocycles. The second kappa shape index (κ2) is 7.05. The highest BCUT2D eigenvalue weighted by atomic mass is 35.5. The predicted octanol–water partition coefficient (Wildman–Crippen LogP) is 5.93. The number of halogens is 5. The van der Waals surface area contributed by atoms with E-state index in [1.54, 1.807) is 19.1 Å². The summed E-state index contributed by atoms with van der Waals surface area (Å²) in [5, 5.41) is 11.0. The van der Waals surface area contributed by atoms with E-state index in [1.807, 2.05) is 0 Å². The fourth-order valence-electron chi connectivity index (χ4n) is 2.79. The number of benzene rings is 1. The Bertz CT molecular complexity index is 1010. The van der Waals surface area contributed by atoms with E-state index in [0.29, 0.717) is 15.8 Å². The molecule has 0 aliphatic heterocycles. The fourth-order valence-corrected chi connectivity index (χ4v) is 4.40. The SMILES string of the molecule is Cc1c(C(=O)CC(O)(c2cc(Cl)cc(Cl)c2)C(F)(F)F)sc2ncccc12. The van der Waals surface area contributed by atoms with Crippen molar-refractivity contribution in [2.45, 2.75) is 25.1 Å². The van der Waals surface area contributed by atoms with Crippen LogP contribution in [-0.4, -0.2) is 22.1 Å². The summed E-state index contributed by atoms with van der Waals surface area (Å²) in [7, 11) is 0. The molecule has 3 rings (SSSR count). The smallest absolute Gasteiger partial charge is 0.376 e. The Hall–Kier alpha value is -1.67. The third kappa shape index (κ3) is 3.69. The van der Waals surface area contributed by atoms with E-state index in [2.05, 4.69) is 4.98 Å². The molecule has 142 valence electrons. The number of Topliss-reactive ketones (excluding diaryl/α,β-unsaturated/α-hetero) is 1. The maximum atomic E-state index is 13.7. The monoisotopic (exact) mass is 433 g/mol. The lowest BCUT2D eigenvalue weighted by molar-refractivity contribution is -0.264. The van der Waals surface area contributed by atoms with Gasteiger partial charge in [-0.2, -0.15) is 13.2 Å². The number of aliphatic hydroxyl groups is 1. The van der Waals surface area contributed by atoms with Crippen molar-refractivity contribution in [3.63, 3.8) is 0 Å². The van der Waals surface area contributed by atoms with Crippen molar-refractivity contribution >= 4 is 50.5 Å². The molecule has 3 nitrogen and oxygen atoms in total. The number of rotatable bonds is 4. The molecule has 2 heterocycles. The molecule has 1 atom stereocenters. The minimum Gasteiger partial charge on any atom is -0.376 e. The van der Waals surface area contributed by atoms with Gasteiger partial charge in [0.25, 0.3) is 0 Å². The molecule has 0 fully saturated rings. The lowest BCUT2D eigenvalue weighted by Gasteiger charge is -2.30. The molecule has 2 aromatic heterocycles. The zero-order chi connectivity index (χ0) is 20.0. The van der Waals surface area contributed by atoms with E-state index in [4.69, 9.17) is 23.2 Å². The molecule has 0 bridgehead atoms. The second-order valence-corrected chi connectivity index (χ2v) is 7.90. The lowest BCUT2D eigenvalue weighted by Crippen LogP contribution is -2.44. The van der Waals surface area contributed by atoms with Gasteiger partial charge in [-0.15, -0.1) is 11.3 Å². The van der Waals surface area contributed by atoms with Crippen molar-refractivity contribution in [1.29, 1.82) is 0 Å². The third-order valence-corrected chi connectivity index (χ3v) is 5.89. The summed E-state index contributed by atoms with van der Waals surface area (Å²) in [5.41, 5.74) is -3.48. The molecule has 27 heavy (non-hydrogen) atoms. The van der Waals surface area contributed by atoms with E-state index in [-0.39, 0.29) is 14.9 Å². The first-order valence-corrected chi connectivity index (χ1v) is 9.23. The molecule has 1 unspecified atom stereocenters. The molecule has 0 spiro atoms. The second-order valence-electron chi connectivity index (χ2n) is 6.03. The van der Waals surface area contributed by atoms with E-state index in [1.165, 1.54) is 12.3 Å². The van der Waals surface area contributed by atoms with Crippen molar-refractivity contribution < 1.29 is 23.1 Å². The maximum Gasteiger partial charge on any atom is 0.421 e. The first kappa shape index (κ1) is 20.1. The molecular formula is C18H12Cl2F3NO2S. The van der Waals surface area contributed by atoms with Gasteiger partial charge in [-0.25, -0.2) is 4.98 Å². The van der Waals surface area contributed by atoms with Crippen LogP contribution in [0.3, 0.4) is 0 Å². The van der Waals surface area contributed by atoms with Gasteiger partial charge in [-0.1, -0.05) is 29.3 Å². The normalized spacial score (nSPS) is 14.3. The Balaban J connectivity index is 2.06. The summed E-state index contributed by atoms with van der Waals surface area (Å²) >= 11 is 12.6. The summed E-state index contributed by atoms with van der Waals surface area (Å²) < 4.78 is 41.2. The third-order valence-electron chi connectivity index (χ3n) is 4.19. The minimum absolute atomic E-state index is 0.0742. The van der Waals surface area contributed by atoms with Gasteiger partial charge in [0.1, 0.15) is 4.83 Å². The molecule has 9 heteroatoms. The van der Waals surface area contributed by atoms with E-state index >= 15 is 0 Å². The highest BCUT2D eigenvalue weighted by molar-refractivity contribution is 7.20. The average Bonchev–Trinajstić information content (AvgIpc) is 2.90. The number of ketones is 1. The van der Waals surface area contributed by atoms with Gasteiger partial charge in [0, 0.05) is 21.6 Å². The van der Waals surface area contributed by atoms with Crippen LogP contribution in [0.15, 0.2) is 36.5 Å². The van der Waals surface area contributed by atoms with Gasteiger partial charge in [0.05, 0.1) is 11.3 Å². The Labute approximate surface area is 166 Å². The quantitative estimate of drug-likeness (QED) is 0.518. The molecule has 1 aromatic carbocycles. The van der Waals surface area contributed by atoms with Gasteiger partial charge in [-0.05, 0) is 42.3 Å². The number of aromatic nitrogens is 1. The summed E-state index contributed by atoms with van der Waals surface area (Å²) in [6, 6.07) is 6.56. The zero-order valence-corrected chi connectivity index (χ0v) is 16.1. The van der Waals surface area contributed by atoms with Crippen LogP contribution in [0.5, 0.6) is 0 Å². The van der Waals surface area contributed by atoms with Gasteiger partial charge >= 0.3 is 6.18 Å². The van der Waals surface area contributed by atoms with Crippen LogP contribution in [0.1, 0.15) is 27.2 Å². The van der Waals surface area contributed by atoms with Crippen LogP contribution in [-0.2, 0) is 5.60 Å². The summed E-state index contributed by atoms with van der Waals surface area (Å²) in [6.07, 6.45) is -4.77. The molecule has 0 saturated carbocycles. The number of nitrogens with zero attached hydrogens (tertiary/aromatic N) is 1. The number of aryl methyl sites for hydroxylation is 1. The number of fused-ring (bicyclic) bond motifs is 1. The van der Waals surface area contributed by atoms with Crippen LogP contribution in [0.2, 0.25) is 10.0 Å². The van der Waals surface area contributed by atoms with Crippen LogP contribution < -0.4 is 0 Å². The summed E-state index contributed by atoms with van der Waals surface area (Å²) in [4.78, 5) is 17.5. The van der Waals surface area contributed by atoms with Crippen LogP contribution in [0.4, 0.5) is 13.2 Å². The van der Waals surface area contributed by atoms with Crippen molar-refractivity contribution in [1.82, 2.24) is 4.98 Å². The lowest BCUT2D eigenvalue weighted by atomic mass is 9.87. The average molecular weight is 434 g/mol. The molecule has 0 aliphatic carbocycles. The number of hydrogen-bond acceptors (Lipinski definition) is 4. The van der Waals surface area contributed by atoms with Gasteiger partial charge < -0.3 is 5.11 Å². The fraction of sp³-hybridized carbons (Fsp3) is 0.222. The summed E-state index contributed by atoms with van der Waals surface area (Å²) in [5.74, 6) is -0.841. The Morgan fingerprint density at radius 3 is 2.41 bits per heavy atom. The molecule has 1 N–H and O–H groups in total. The molecular weight excluding hydrogens is 422 g/mol. The topological polar surface area (TPSA) is 50.2 Å². The minimum atomic E-state index is -5.11. The van der Waals surface area contributed by atoms with E-state index in [0.717, 1.165) is 23.5 Å². The Morgan fingerprint density at radius 1 is 1.22 bits per heavy atom. The standard InChI is InChI=1S/C18H12Cl2F3NO2S/c1-9-13-3-2-4-24-16(13)27-15(9)14(25)8-17(26,18(21,22)23)10-5-11(19)7-12(20)6-10/h2-7,26H,8H2,1H3. The highest BCUT2D eigenvalue weighted by Gasteiger charge is 2.56. The van der Waals surface area contributed by atoms with Gasteiger partial charge in [0.2, 0.25) is 0 Å². The number of carbonyl (C=O) groups is 1. The largest absolute Gasteiger partial charge is 0.421 e. The zero-order valence-electron chi connectivity index (χ0n) is 13.8. The van der Waals surface area contributed by atoms with E-state index in [9.17, 15) is 23.1 Å². The van der Waals surface area contributed by atoms with Crippen LogP contribution in [0.25, 0.3) is 10.2 Å². The molecule has 0 aliphatic rings. The Morgan fingerprint density at radius 2 is 1.85 bits per heavy atom. The predicted molar refractivity (Wildman–Crippen MR) is 99.7 cm³/mol. The maximum absolute atomic E-state index is 13.7. The number of pyridine rings is 1. The number of thiophene rings is 1. The first-order chi connectivity index (χ1) is 12.5. The highest BCUT2D eigenvalue weighted by Crippen LogP contribution is 2.44. The summed E-state index contributed by atoms with van der Waals surface area (Å²) in [6.45, 7) is 1.64. The number of hydrogen-bond donors (Lipinski definition) is 1. The first-order valence-electron chi connectivity index (χ1n) is 7.66. The molecule has 0 radical (unpaired) electrons. The van der Waals surface area contributed by atoms with Gasteiger partial charge in [0.15, 0.2) is 11.4 Å². The van der Waals surface area contributed by atoms with Crippen molar-refractivity contribution in [2.24, 2.45) is 0 Å². The number of carbonyl (C=O) groups excluding carboxylic acids is 1. The van der Waals surface area contributed by atoms with Crippen molar-refractivity contribution in [3.8, 4) is 0 Å². The number of alkyl halides is 3. The van der Waals surface area contributed by atoms with Crippen LogP contribution >= 0.6 is 34.5 Å². The molecule has 0 amide bonds. The molecule has 3 aromatic rings. The van der Waals surface area contributed by atoms with Crippen molar-refractivity contribution in [3.05, 3.63) is 62.6 Å². The van der Waals surface area contributed by atoms with Crippen molar-refractivity contribution in [2.75, 3.05) is 0 Å². The van der Waals surface area contributed by atoms with Crippen LogP contribution in [0, 0.1) is 6.92 Å². The Kier molecular flexibility index (Phi) is 5.24.